The molecular formula is C21H27N3O2. The minimum atomic E-state index is 0.248. The lowest BCUT2D eigenvalue weighted by molar-refractivity contribution is 0.163. The van der Waals surface area contributed by atoms with Crippen LogP contribution in [0.15, 0.2) is 42.9 Å². The zero-order valence-corrected chi connectivity index (χ0v) is 15.5. The number of phenols is 1. The van der Waals surface area contributed by atoms with Gasteiger partial charge in [0.25, 0.3) is 0 Å². The molecule has 2 fully saturated rings. The molecule has 0 bridgehead atoms. The highest BCUT2D eigenvalue weighted by Gasteiger charge is 2.50. The number of aromatic hydroxyl groups is 1. The van der Waals surface area contributed by atoms with Gasteiger partial charge in [0, 0.05) is 32.0 Å². The number of likely N-dealkylation sites (tertiary alicyclic amines) is 1. The lowest BCUT2D eigenvalue weighted by Crippen LogP contribution is -2.30. The summed E-state index contributed by atoms with van der Waals surface area (Å²) in [5.74, 6) is 2.11. The zero-order chi connectivity index (χ0) is 18.1. The minimum absolute atomic E-state index is 0.248. The molecule has 4 atom stereocenters. The van der Waals surface area contributed by atoms with E-state index in [-0.39, 0.29) is 6.10 Å². The highest BCUT2D eigenvalue weighted by Crippen LogP contribution is 2.49. The van der Waals surface area contributed by atoms with E-state index >= 15 is 0 Å². The first-order chi connectivity index (χ1) is 12.5. The summed E-state index contributed by atoms with van der Waals surface area (Å²) in [6.45, 7) is 8.00. The first-order valence-corrected chi connectivity index (χ1v) is 9.46. The van der Waals surface area contributed by atoms with Crippen LogP contribution in [0.25, 0.3) is 0 Å². The van der Waals surface area contributed by atoms with Gasteiger partial charge in [0.05, 0.1) is 6.20 Å². The molecule has 1 aromatic heterocycles. The van der Waals surface area contributed by atoms with Crippen molar-refractivity contribution in [2.45, 2.75) is 38.7 Å². The highest BCUT2D eigenvalue weighted by atomic mass is 16.5. The van der Waals surface area contributed by atoms with Crippen LogP contribution < -0.4 is 4.74 Å². The second-order valence-corrected chi connectivity index (χ2v) is 8.26. The number of ether oxygens (including phenoxy) is 1. The highest BCUT2D eigenvalue weighted by molar-refractivity contribution is 5.28. The molecule has 1 unspecified atom stereocenters. The Hall–Kier alpha value is -2.14. The molecule has 0 radical (unpaired) electrons. The topological polar surface area (TPSA) is 58.5 Å². The van der Waals surface area contributed by atoms with Crippen LogP contribution in [0.1, 0.15) is 38.2 Å². The van der Waals surface area contributed by atoms with Gasteiger partial charge in [-0.3, -0.25) is 4.98 Å². The summed E-state index contributed by atoms with van der Waals surface area (Å²) in [4.78, 5) is 10.9. The van der Waals surface area contributed by atoms with Gasteiger partial charge in [0.2, 0.25) is 5.88 Å². The summed E-state index contributed by atoms with van der Waals surface area (Å²) in [6.07, 6.45) is 7.47. The van der Waals surface area contributed by atoms with Gasteiger partial charge in [-0.05, 0) is 47.8 Å². The number of phenolic OH excluding ortho intramolecular Hbond substituents is 1. The molecule has 4 rings (SSSR count). The van der Waals surface area contributed by atoms with Crippen molar-refractivity contribution < 1.29 is 9.84 Å². The molecule has 1 aromatic carbocycles. The fraction of sp³-hybridized carbons (Fsp3) is 0.524. The fourth-order valence-corrected chi connectivity index (χ4v) is 4.79. The second-order valence-electron chi connectivity index (χ2n) is 8.26. The van der Waals surface area contributed by atoms with Gasteiger partial charge >= 0.3 is 0 Å². The number of hydrogen-bond donors (Lipinski definition) is 1. The molecule has 138 valence electrons. The van der Waals surface area contributed by atoms with E-state index in [1.54, 1.807) is 30.7 Å². The van der Waals surface area contributed by atoms with E-state index in [0.29, 0.717) is 28.9 Å². The number of hydrogen-bond acceptors (Lipinski definition) is 5. The Morgan fingerprint density at radius 1 is 1.31 bits per heavy atom. The van der Waals surface area contributed by atoms with Gasteiger partial charge in [0.1, 0.15) is 11.9 Å². The van der Waals surface area contributed by atoms with Gasteiger partial charge < -0.3 is 14.7 Å². The molecule has 26 heavy (non-hydrogen) atoms. The maximum atomic E-state index is 9.47. The summed E-state index contributed by atoms with van der Waals surface area (Å²) < 4.78 is 6.06. The van der Waals surface area contributed by atoms with Crippen molar-refractivity contribution in [2.75, 3.05) is 19.6 Å². The van der Waals surface area contributed by atoms with Crippen LogP contribution >= 0.6 is 0 Å². The van der Waals surface area contributed by atoms with Crippen molar-refractivity contribution in [3.05, 3.63) is 48.4 Å². The van der Waals surface area contributed by atoms with Crippen molar-refractivity contribution in [3.8, 4) is 11.6 Å². The standard InChI is InChI=1S/C21H27N3O2/c1-15(16-3-5-18(25)6-4-16)12-24-13-17-9-19(10-21(17,2)14-24)26-20-11-22-7-8-23-20/h3-8,11,15,17,19,25H,9-10,12-14H2,1-2H3/t15?,17-,19+,21+/m1/s1. The number of fused-ring (bicyclic) bond motifs is 1. The van der Waals surface area contributed by atoms with Crippen molar-refractivity contribution in [3.63, 3.8) is 0 Å². The summed E-state index contributed by atoms with van der Waals surface area (Å²) in [5, 5.41) is 9.47. The first-order valence-electron chi connectivity index (χ1n) is 9.46. The van der Waals surface area contributed by atoms with Gasteiger partial charge in [0.15, 0.2) is 0 Å². The van der Waals surface area contributed by atoms with Crippen molar-refractivity contribution in [1.82, 2.24) is 14.9 Å². The molecule has 2 aliphatic rings. The third-order valence-electron chi connectivity index (χ3n) is 6.11. The van der Waals surface area contributed by atoms with Crippen molar-refractivity contribution in [1.29, 1.82) is 0 Å². The first kappa shape index (κ1) is 17.3. The SMILES string of the molecule is CC(CN1C[C@H]2C[C@H](Oc3cnccn3)C[C@@]2(C)C1)c1ccc(O)cc1. The number of rotatable bonds is 5. The summed E-state index contributed by atoms with van der Waals surface area (Å²) in [7, 11) is 0. The summed E-state index contributed by atoms with van der Waals surface area (Å²) in [6, 6.07) is 7.62. The largest absolute Gasteiger partial charge is 0.508 e. The molecule has 1 aliphatic carbocycles. The van der Waals surface area contributed by atoms with Crippen LogP contribution in [0.4, 0.5) is 0 Å². The smallest absolute Gasteiger partial charge is 0.232 e. The summed E-state index contributed by atoms with van der Waals surface area (Å²) in [5.41, 5.74) is 1.61. The van der Waals surface area contributed by atoms with Gasteiger partial charge in [-0.25, -0.2) is 4.98 Å². The van der Waals surface area contributed by atoms with E-state index in [2.05, 4.69) is 28.7 Å². The number of benzene rings is 1. The van der Waals surface area contributed by atoms with E-state index in [1.807, 2.05) is 12.1 Å². The minimum Gasteiger partial charge on any atom is -0.508 e. The Balaban J connectivity index is 1.33. The van der Waals surface area contributed by atoms with Crippen molar-refractivity contribution >= 4 is 0 Å². The fourth-order valence-electron chi connectivity index (χ4n) is 4.79. The maximum Gasteiger partial charge on any atom is 0.232 e. The Bertz CT molecular complexity index is 737. The molecule has 0 spiro atoms. The number of nitrogens with zero attached hydrogens (tertiary/aromatic N) is 3. The Morgan fingerprint density at radius 3 is 2.81 bits per heavy atom. The molecule has 2 aromatic rings. The quantitative estimate of drug-likeness (QED) is 0.892. The van der Waals surface area contributed by atoms with Crippen molar-refractivity contribution in [2.24, 2.45) is 11.3 Å². The monoisotopic (exact) mass is 353 g/mol. The molecule has 5 nitrogen and oxygen atoms in total. The third kappa shape index (κ3) is 3.54. The lowest BCUT2D eigenvalue weighted by Gasteiger charge is -2.26. The molecule has 1 N–H and O–H groups in total. The Labute approximate surface area is 155 Å². The molecule has 1 saturated heterocycles. The molecular weight excluding hydrogens is 326 g/mol. The molecule has 1 aliphatic heterocycles. The normalized spacial score (nSPS) is 29.5. The maximum absolute atomic E-state index is 9.47. The predicted octanol–water partition coefficient (Wildman–Crippen LogP) is 3.47. The second kappa shape index (κ2) is 6.88. The molecule has 2 heterocycles. The van der Waals surface area contributed by atoms with E-state index in [9.17, 15) is 5.11 Å². The van der Waals surface area contributed by atoms with E-state index in [0.717, 1.165) is 32.5 Å². The van der Waals surface area contributed by atoms with Crippen LogP contribution in [-0.2, 0) is 0 Å². The molecule has 5 heteroatoms. The average molecular weight is 353 g/mol. The molecule has 0 amide bonds. The van der Waals surface area contributed by atoms with Crippen LogP contribution in [0.3, 0.4) is 0 Å². The number of aromatic nitrogens is 2. The Morgan fingerprint density at radius 2 is 2.12 bits per heavy atom. The van der Waals surface area contributed by atoms with Crippen LogP contribution in [0.5, 0.6) is 11.6 Å². The van der Waals surface area contributed by atoms with E-state index in [1.165, 1.54) is 5.56 Å². The van der Waals surface area contributed by atoms with Crippen LogP contribution in [0, 0.1) is 11.3 Å². The zero-order valence-electron chi connectivity index (χ0n) is 15.5. The van der Waals surface area contributed by atoms with E-state index < -0.39 is 0 Å². The Kier molecular flexibility index (Phi) is 4.57. The van der Waals surface area contributed by atoms with Gasteiger partial charge in [-0.15, -0.1) is 0 Å². The van der Waals surface area contributed by atoms with Gasteiger partial charge in [-0.1, -0.05) is 26.0 Å². The third-order valence-corrected chi connectivity index (χ3v) is 6.11. The molecule has 1 saturated carbocycles. The summed E-state index contributed by atoms with van der Waals surface area (Å²) >= 11 is 0. The predicted molar refractivity (Wildman–Crippen MR) is 100 cm³/mol. The average Bonchev–Trinajstić information content (AvgIpc) is 3.06. The van der Waals surface area contributed by atoms with E-state index in [4.69, 9.17) is 4.74 Å². The lowest BCUT2D eigenvalue weighted by atomic mass is 9.83. The van der Waals surface area contributed by atoms with Crippen LogP contribution in [-0.4, -0.2) is 45.7 Å². The van der Waals surface area contributed by atoms with Gasteiger partial charge in [-0.2, -0.15) is 0 Å². The van der Waals surface area contributed by atoms with Crippen LogP contribution in [0.2, 0.25) is 0 Å².